The number of rotatable bonds is 7. The molecule has 0 saturated heterocycles. The highest BCUT2D eigenvalue weighted by molar-refractivity contribution is 9.10. The molecule has 21 heavy (non-hydrogen) atoms. The summed E-state index contributed by atoms with van der Waals surface area (Å²) in [6.07, 6.45) is -1.51. The molecular formula is C16H23BrF3N. The molecule has 0 bridgehead atoms. The third-order valence-electron chi connectivity index (χ3n) is 3.67. The lowest BCUT2D eigenvalue weighted by molar-refractivity contribution is -0.138. The summed E-state index contributed by atoms with van der Waals surface area (Å²) in [6, 6.07) is 4.50. The Labute approximate surface area is 133 Å². The van der Waals surface area contributed by atoms with Crippen LogP contribution in [0.25, 0.3) is 0 Å². The first-order valence-electron chi connectivity index (χ1n) is 7.39. The minimum absolute atomic E-state index is 0.0332. The Morgan fingerprint density at radius 3 is 2.43 bits per heavy atom. The lowest BCUT2D eigenvalue weighted by Gasteiger charge is -2.23. The fraction of sp³-hybridized carbons (Fsp3) is 0.625. The molecule has 0 fully saturated rings. The summed E-state index contributed by atoms with van der Waals surface area (Å²) in [5.41, 5.74) is 0.103. The zero-order valence-corrected chi connectivity index (χ0v) is 14.3. The Hall–Kier alpha value is -0.550. The summed E-state index contributed by atoms with van der Waals surface area (Å²) in [6.45, 7) is 7.09. The SMILES string of the molecule is CCCNC(CC(C)CC)c1ccc(Br)c(C(F)(F)F)c1. The molecule has 0 aliphatic rings. The van der Waals surface area contributed by atoms with E-state index in [1.54, 1.807) is 6.07 Å². The van der Waals surface area contributed by atoms with Crippen LogP contribution in [0.15, 0.2) is 22.7 Å². The van der Waals surface area contributed by atoms with Gasteiger partial charge in [-0.15, -0.1) is 0 Å². The Balaban J connectivity index is 3.06. The summed E-state index contributed by atoms with van der Waals surface area (Å²) in [4.78, 5) is 0. The molecule has 2 atom stereocenters. The van der Waals surface area contributed by atoms with E-state index < -0.39 is 11.7 Å². The number of benzene rings is 1. The number of alkyl halides is 3. The standard InChI is InChI=1S/C16H23BrF3N/c1-4-8-21-15(9-11(3)5-2)12-6-7-14(17)13(10-12)16(18,19)20/h6-7,10-11,15,21H,4-5,8-9H2,1-3H3. The number of hydrogen-bond donors (Lipinski definition) is 1. The molecule has 0 saturated carbocycles. The van der Waals surface area contributed by atoms with Crippen LogP contribution in [0, 0.1) is 5.92 Å². The van der Waals surface area contributed by atoms with Crippen molar-refractivity contribution >= 4 is 15.9 Å². The predicted octanol–water partition coefficient (Wildman–Crippen LogP) is 5.94. The van der Waals surface area contributed by atoms with Crippen molar-refractivity contribution in [2.45, 2.75) is 52.3 Å². The highest BCUT2D eigenvalue weighted by Gasteiger charge is 2.33. The van der Waals surface area contributed by atoms with E-state index in [4.69, 9.17) is 0 Å². The van der Waals surface area contributed by atoms with Gasteiger partial charge in [-0.2, -0.15) is 13.2 Å². The molecule has 0 radical (unpaired) electrons. The average molecular weight is 366 g/mol. The molecule has 1 aromatic carbocycles. The number of nitrogens with one attached hydrogen (secondary N) is 1. The van der Waals surface area contributed by atoms with E-state index in [0.29, 0.717) is 11.5 Å². The number of halogens is 4. The van der Waals surface area contributed by atoms with Gasteiger partial charge in [0.2, 0.25) is 0 Å². The zero-order valence-electron chi connectivity index (χ0n) is 12.7. The summed E-state index contributed by atoms with van der Waals surface area (Å²) >= 11 is 2.99. The van der Waals surface area contributed by atoms with Gasteiger partial charge in [0.25, 0.3) is 0 Å². The van der Waals surface area contributed by atoms with Gasteiger partial charge in [-0.1, -0.05) is 49.2 Å². The van der Waals surface area contributed by atoms with Crippen molar-refractivity contribution in [3.63, 3.8) is 0 Å². The zero-order chi connectivity index (χ0) is 16.0. The van der Waals surface area contributed by atoms with Crippen LogP contribution in [0.2, 0.25) is 0 Å². The van der Waals surface area contributed by atoms with E-state index >= 15 is 0 Å². The van der Waals surface area contributed by atoms with E-state index in [2.05, 4.69) is 42.0 Å². The lowest BCUT2D eigenvalue weighted by Crippen LogP contribution is -2.24. The topological polar surface area (TPSA) is 12.0 Å². The molecule has 1 aromatic rings. The maximum atomic E-state index is 13.0. The Kier molecular flexibility index (Phi) is 7.21. The first-order valence-corrected chi connectivity index (χ1v) is 8.18. The van der Waals surface area contributed by atoms with Gasteiger partial charge in [0.1, 0.15) is 0 Å². The summed E-state index contributed by atoms with van der Waals surface area (Å²) in [5, 5.41) is 3.37. The van der Waals surface area contributed by atoms with Gasteiger partial charge >= 0.3 is 6.18 Å². The highest BCUT2D eigenvalue weighted by Crippen LogP contribution is 2.37. The van der Waals surface area contributed by atoms with Crippen LogP contribution in [-0.4, -0.2) is 6.54 Å². The molecule has 0 heterocycles. The van der Waals surface area contributed by atoms with Crippen LogP contribution in [-0.2, 0) is 6.18 Å². The summed E-state index contributed by atoms with van der Waals surface area (Å²) in [5.74, 6) is 0.470. The van der Waals surface area contributed by atoms with Gasteiger partial charge in [-0.25, -0.2) is 0 Å². The van der Waals surface area contributed by atoms with Crippen molar-refractivity contribution in [2.24, 2.45) is 5.92 Å². The second-order valence-electron chi connectivity index (χ2n) is 5.49. The van der Waals surface area contributed by atoms with Gasteiger partial charge < -0.3 is 5.32 Å². The fourth-order valence-electron chi connectivity index (χ4n) is 2.20. The molecule has 0 aromatic heterocycles. The molecule has 5 heteroatoms. The molecule has 120 valence electrons. The molecule has 0 spiro atoms. The van der Waals surface area contributed by atoms with Gasteiger partial charge in [0.15, 0.2) is 0 Å². The summed E-state index contributed by atoms with van der Waals surface area (Å²) < 4.78 is 39.2. The monoisotopic (exact) mass is 365 g/mol. The van der Waals surface area contributed by atoms with Crippen LogP contribution < -0.4 is 5.32 Å². The fourth-order valence-corrected chi connectivity index (χ4v) is 2.67. The second-order valence-corrected chi connectivity index (χ2v) is 6.35. The Morgan fingerprint density at radius 2 is 1.90 bits per heavy atom. The maximum absolute atomic E-state index is 13.0. The van der Waals surface area contributed by atoms with Crippen molar-refractivity contribution in [1.29, 1.82) is 0 Å². The van der Waals surface area contributed by atoms with Gasteiger partial charge in [0, 0.05) is 10.5 Å². The van der Waals surface area contributed by atoms with E-state index in [1.807, 2.05) is 0 Å². The molecule has 0 aliphatic heterocycles. The van der Waals surface area contributed by atoms with Gasteiger partial charge in [-0.3, -0.25) is 0 Å². The molecule has 2 unspecified atom stereocenters. The van der Waals surface area contributed by atoms with Gasteiger partial charge in [-0.05, 0) is 43.0 Å². The minimum Gasteiger partial charge on any atom is -0.310 e. The van der Waals surface area contributed by atoms with Crippen molar-refractivity contribution in [2.75, 3.05) is 6.54 Å². The third-order valence-corrected chi connectivity index (χ3v) is 4.37. The Morgan fingerprint density at radius 1 is 1.24 bits per heavy atom. The van der Waals surface area contributed by atoms with Crippen molar-refractivity contribution in [1.82, 2.24) is 5.32 Å². The summed E-state index contributed by atoms with van der Waals surface area (Å²) in [7, 11) is 0. The third kappa shape index (κ3) is 5.62. The second kappa shape index (κ2) is 8.18. The molecular weight excluding hydrogens is 343 g/mol. The quantitative estimate of drug-likeness (QED) is 0.629. The molecule has 1 rings (SSSR count). The van der Waals surface area contributed by atoms with E-state index in [0.717, 1.165) is 25.8 Å². The number of hydrogen-bond acceptors (Lipinski definition) is 1. The van der Waals surface area contributed by atoms with Gasteiger partial charge in [0.05, 0.1) is 5.56 Å². The van der Waals surface area contributed by atoms with Crippen LogP contribution >= 0.6 is 15.9 Å². The lowest BCUT2D eigenvalue weighted by atomic mass is 9.93. The van der Waals surface area contributed by atoms with Crippen molar-refractivity contribution < 1.29 is 13.2 Å². The van der Waals surface area contributed by atoms with Crippen LogP contribution in [0.4, 0.5) is 13.2 Å². The van der Waals surface area contributed by atoms with Crippen molar-refractivity contribution in [3.8, 4) is 0 Å². The molecule has 1 nitrogen and oxygen atoms in total. The first-order chi connectivity index (χ1) is 9.79. The smallest absolute Gasteiger partial charge is 0.310 e. The van der Waals surface area contributed by atoms with E-state index in [1.165, 1.54) is 12.1 Å². The van der Waals surface area contributed by atoms with Crippen LogP contribution in [0.1, 0.15) is 57.2 Å². The highest BCUT2D eigenvalue weighted by atomic mass is 79.9. The van der Waals surface area contributed by atoms with E-state index in [-0.39, 0.29) is 10.5 Å². The maximum Gasteiger partial charge on any atom is 0.417 e. The average Bonchev–Trinajstić information content (AvgIpc) is 2.42. The molecule has 1 N–H and O–H groups in total. The van der Waals surface area contributed by atoms with Crippen molar-refractivity contribution in [3.05, 3.63) is 33.8 Å². The first kappa shape index (κ1) is 18.5. The largest absolute Gasteiger partial charge is 0.417 e. The molecule has 0 aliphatic carbocycles. The minimum atomic E-state index is -4.33. The Bertz CT molecular complexity index is 446. The molecule has 0 amide bonds. The van der Waals surface area contributed by atoms with E-state index in [9.17, 15) is 13.2 Å². The normalized spacial score (nSPS) is 15.0. The van der Waals surface area contributed by atoms with Crippen LogP contribution in [0.5, 0.6) is 0 Å². The predicted molar refractivity (Wildman–Crippen MR) is 84.3 cm³/mol. The van der Waals surface area contributed by atoms with Crippen LogP contribution in [0.3, 0.4) is 0 Å².